The van der Waals surface area contributed by atoms with E-state index in [1.54, 1.807) is 0 Å². The van der Waals surface area contributed by atoms with Crippen LogP contribution < -0.4 is 0 Å². The van der Waals surface area contributed by atoms with E-state index in [-0.39, 0.29) is 12.2 Å². The van der Waals surface area contributed by atoms with Gasteiger partial charge in [-0.3, -0.25) is 4.79 Å². The van der Waals surface area contributed by atoms with Gasteiger partial charge in [-0.15, -0.1) is 23.5 Å². The number of ketones is 1. The predicted molar refractivity (Wildman–Crippen MR) is 49.8 cm³/mol. The van der Waals surface area contributed by atoms with E-state index in [1.165, 1.54) is 30.4 Å². The Hall–Kier alpha value is 0.330. The highest BCUT2D eigenvalue weighted by atomic mass is 32.2. The first kappa shape index (κ1) is 9.42. The zero-order valence-electron chi connectivity index (χ0n) is 6.50. The summed E-state index contributed by atoms with van der Waals surface area (Å²) in [4.78, 5) is 10.7. The van der Waals surface area contributed by atoms with E-state index < -0.39 is 4.27 Å². The smallest absolute Gasteiger partial charge is 0.164 e. The standard InChI is InChI=1S/C7H12O2S2/c1-6(8)5-7(9)10-3-2-4-11-7/h9H,2-5H2,1H3. The molecule has 1 aliphatic heterocycles. The van der Waals surface area contributed by atoms with Crippen LogP contribution in [0.25, 0.3) is 0 Å². The molecule has 0 unspecified atom stereocenters. The van der Waals surface area contributed by atoms with Crippen molar-refractivity contribution in [2.75, 3.05) is 11.5 Å². The Labute approximate surface area is 75.1 Å². The zero-order chi connectivity index (χ0) is 8.32. The van der Waals surface area contributed by atoms with E-state index in [9.17, 15) is 9.90 Å². The Kier molecular flexibility index (Phi) is 3.28. The molecule has 0 aromatic rings. The fourth-order valence-electron chi connectivity index (χ4n) is 0.981. The lowest BCUT2D eigenvalue weighted by Gasteiger charge is -2.29. The molecular formula is C7H12O2S2. The van der Waals surface area contributed by atoms with E-state index in [4.69, 9.17) is 0 Å². The van der Waals surface area contributed by atoms with Crippen LogP contribution in [-0.4, -0.2) is 26.7 Å². The van der Waals surface area contributed by atoms with Gasteiger partial charge in [0.2, 0.25) is 0 Å². The molecular weight excluding hydrogens is 180 g/mol. The second-order valence-electron chi connectivity index (χ2n) is 2.64. The Morgan fingerprint density at radius 1 is 1.55 bits per heavy atom. The summed E-state index contributed by atoms with van der Waals surface area (Å²) in [5, 5.41) is 9.75. The largest absolute Gasteiger partial charge is 0.370 e. The quantitative estimate of drug-likeness (QED) is 0.719. The maximum absolute atomic E-state index is 10.7. The molecule has 0 atom stereocenters. The van der Waals surface area contributed by atoms with Crippen molar-refractivity contribution in [3.05, 3.63) is 0 Å². The van der Waals surface area contributed by atoms with Gasteiger partial charge in [0, 0.05) is 0 Å². The molecule has 0 spiro atoms. The molecule has 1 aliphatic rings. The van der Waals surface area contributed by atoms with Crippen LogP contribution in [0.4, 0.5) is 0 Å². The first-order valence-corrected chi connectivity index (χ1v) is 5.59. The van der Waals surface area contributed by atoms with E-state index in [1.807, 2.05) is 0 Å². The summed E-state index contributed by atoms with van der Waals surface area (Å²) >= 11 is 2.98. The van der Waals surface area contributed by atoms with Gasteiger partial charge in [0.05, 0.1) is 6.42 Å². The van der Waals surface area contributed by atoms with Gasteiger partial charge >= 0.3 is 0 Å². The first-order valence-electron chi connectivity index (χ1n) is 3.62. The van der Waals surface area contributed by atoms with Gasteiger partial charge in [-0.25, -0.2) is 0 Å². The third-order valence-corrected chi connectivity index (χ3v) is 4.30. The van der Waals surface area contributed by atoms with Gasteiger partial charge in [-0.2, -0.15) is 0 Å². The summed E-state index contributed by atoms with van der Waals surface area (Å²) in [7, 11) is 0. The molecule has 1 fully saturated rings. The molecule has 0 saturated carbocycles. The number of hydrogen-bond donors (Lipinski definition) is 1. The third kappa shape index (κ3) is 3.05. The number of carbonyl (C=O) groups is 1. The predicted octanol–water partition coefficient (Wildman–Crippen LogP) is 1.48. The van der Waals surface area contributed by atoms with Crippen molar-refractivity contribution >= 4 is 29.3 Å². The summed E-state index contributed by atoms with van der Waals surface area (Å²) in [6, 6.07) is 0. The number of Topliss-reactive ketones (excluding diaryl/α,β-unsaturated/α-hetero) is 1. The Morgan fingerprint density at radius 2 is 2.09 bits per heavy atom. The number of rotatable bonds is 2. The molecule has 2 nitrogen and oxygen atoms in total. The molecule has 1 saturated heterocycles. The molecule has 4 heteroatoms. The summed E-state index contributed by atoms with van der Waals surface area (Å²) in [5.74, 6) is 2.00. The molecule has 1 N–H and O–H groups in total. The highest BCUT2D eigenvalue weighted by molar-refractivity contribution is 8.18. The maximum atomic E-state index is 10.7. The zero-order valence-corrected chi connectivity index (χ0v) is 8.13. The highest BCUT2D eigenvalue weighted by Crippen LogP contribution is 2.42. The second-order valence-corrected chi connectivity index (χ2v) is 5.64. The summed E-state index contributed by atoms with van der Waals surface area (Å²) < 4.78 is -0.815. The fraction of sp³-hybridized carbons (Fsp3) is 0.857. The van der Waals surface area contributed by atoms with Crippen LogP contribution in [0.5, 0.6) is 0 Å². The van der Waals surface area contributed by atoms with Gasteiger partial charge in [-0.1, -0.05) is 0 Å². The Bertz CT molecular complexity index is 153. The van der Waals surface area contributed by atoms with Gasteiger partial charge in [0.1, 0.15) is 5.78 Å². The minimum Gasteiger partial charge on any atom is -0.370 e. The van der Waals surface area contributed by atoms with Gasteiger partial charge in [0.25, 0.3) is 0 Å². The first-order chi connectivity index (χ1) is 5.12. The normalized spacial score (nSPS) is 23.1. The number of thioether (sulfide) groups is 2. The topological polar surface area (TPSA) is 37.3 Å². The molecule has 0 aromatic heterocycles. The van der Waals surface area contributed by atoms with Crippen molar-refractivity contribution in [1.29, 1.82) is 0 Å². The van der Waals surface area contributed by atoms with E-state index >= 15 is 0 Å². The second kappa shape index (κ2) is 3.83. The van der Waals surface area contributed by atoms with Gasteiger partial charge in [0.15, 0.2) is 4.27 Å². The third-order valence-electron chi connectivity index (χ3n) is 1.42. The SMILES string of the molecule is CC(=O)CC1(O)SCCCS1. The van der Waals surface area contributed by atoms with Crippen LogP contribution in [0.3, 0.4) is 0 Å². The van der Waals surface area contributed by atoms with Crippen molar-refractivity contribution in [1.82, 2.24) is 0 Å². The lowest BCUT2D eigenvalue weighted by atomic mass is 10.3. The lowest BCUT2D eigenvalue weighted by Crippen LogP contribution is -2.26. The van der Waals surface area contributed by atoms with E-state index in [2.05, 4.69) is 0 Å². The Balaban J connectivity index is 2.43. The van der Waals surface area contributed by atoms with Crippen molar-refractivity contribution in [3.63, 3.8) is 0 Å². The molecule has 0 aromatic carbocycles. The summed E-state index contributed by atoms with van der Waals surface area (Å²) in [6.07, 6.45) is 1.41. The molecule has 64 valence electrons. The average molecular weight is 192 g/mol. The van der Waals surface area contributed by atoms with Crippen LogP contribution in [0.2, 0.25) is 0 Å². The summed E-state index contributed by atoms with van der Waals surface area (Å²) in [6.45, 7) is 1.52. The fourth-order valence-corrected chi connectivity index (χ4v) is 3.82. The molecule has 1 heterocycles. The van der Waals surface area contributed by atoms with Crippen LogP contribution in [0, 0.1) is 0 Å². The molecule has 0 radical (unpaired) electrons. The number of hydrogen-bond acceptors (Lipinski definition) is 4. The minimum atomic E-state index is -0.815. The average Bonchev–Trinajstić information content (AvgIpc) is 1.85. The lowest BCUT2D eigenvalue weighted by molar-refractivity contribution is -0.118. The van der Waals surface area contributed by atoms with E-state index in [0.29, 0.717) is 0 Å². The van der Waals surface area contributed by atoms with Crippen LogP contribution >= 0.6 is 23.5 Å². The minimum absolute atomic E-state index is 0.0643. The van der Waals surface area contributed by atoms with Crippen molar-refractivity contribution in [3.8, 4) is 0 Å². The molecule has 0 aliphatic carbocycles. The van der Waals surface area contributed by atoms with Gasteiger partial charge in [-0.05, 0) is 24.9 Å². The molecule has 0 bridgehead atoms. The number of carbonyl (C=O) groups excluding carboxylic acids is 1. The van der Waals surface area contributed by atoms with Crippen molar-refractivity contribution in [2.24, 2.45) is 0 Å². The number of aliphatic hydroxyl groups is 1. The van der Waals surface area contributed by atoms with Crippen molar-refractivity contribution in [2.45, 2.75) is 24.0 Å². The highest BCUT2D eigenvalue weighted by Gasteiger charge is 2.31. The monoisotopic (exact) mass is 192 g/mol. The summed E-state index contributed by atoms with van der Waals surface area (Å²) in [5.41, 5.74) is 0. The van der Waals surface area contributed by atoms with E-state index in [0.717, 1.165) is 17.9 Å². The van der Waals surface area contributed by atoms with Gasteiger partial charge < -0.3 is 5.11 Å². The van der Waals surface area contributed by atoms with Crippen LogP contribution in [0.1, 0.15) is 19.8 Å². The Morgan fingerprint density at radius 3 is 2.55 bits per heavy atom. The molecule has 1 rings (SSSR count). The van der Waals surface area contributed by atoms with Crippen LogP contribution in [-0.2, 0) is 4.79 Å². The van der Waals surface area contributed by atoms with Crippen LogP contribution in [0.15, 0.2) is 0 Å². The van der Waals surface area contributed by atoms with Crippen molar-refractivity contribution < 1.29 is 9.90 Å². The maximum Gasteiger partial charge on any atom is 0.164 e. The molecule has 11 heavy (non-hydrogen) atoms. The molecule has 0 amide bonds.